The zero-order valence-corrected chi connectivity index (χ0v) is 11.7. The number of H-pyrrole nitrogens is 1. The van der Waals surface area contributed by atoms with Gasteiger partial charge in [0.25, 0.3) is 5.91 Å². The number of rotatable bonds is 3. The molecule has 0 spiro atoms. The molecule has 2 N–H and O–H groups in total. The van der Waals surface area contributed by atoms with Gasteiger partial charge < -0.3 is 5.32 Å². The lowest BCUT2D eigenvalue weighted by Crippen LogP contribution is -2.15. The standard InChI is InChI=1S/C15H19N3O/c1-9(2)12-8-13(18-17-12)16-15(19)14-10(3)6-5-7-11(14)4/h5-9H,1-4H3,(H2,16,17,18,19). The van der Waals surface area contributed by atoms with Crippen molar-refractivity contribution in [1.82, 2.24) is 10.2 Å². The highest BCUT2D eigenvalue weighted by Gasteiger charge is 2.13. The highest BCUT2D eigenvalue weighted by atomic mass is 16.1. The minimum Gasteiger partial charge on any atom is -0.305 e. The molecule has 100 valence electrons. The summed E-state index contributed by atoms with van der Waals surface area (Å²) in [6, 6.07) is 7.70. The van der Waals surface area contributed by atoms with E-state index in [0.717, 1.165) is 22.4 Å². The van der Waals surface area contributed by atoms with Crippen molar-refractivity contribution < 1.29 is 4.79 Å². The number of hydrogen-bond donors (Lipinski definition) is 2. The maximum absolute atomic E-state index is 12.3. The van der Waals surface area contributed by atoms with Gasteiger partial charge in [-0.25, -0.2) is 0 Å². The molecule has 0 radical (unpaired) electrons. The molecular weight excluding hydrogens is 238 g/mol. The predicted molar refractivity (Wildman–Crippen MR) is 76.5 cm³/mol. The van der Waals surface area contributed by atoms with Gasteiger partial charge >= 0.3 is 0 Å². The first kappa shape index (κ1) is 13.3. The highest BCUT2D eigenvalue weighted by molar-refractivity contribution is 6.05. The largest absolute Gasteiger partial charge is 0.305 e. The van der Waals surface area contributed by atoms with Crippen LogP contribution in [0.5, 0.6) is 0 Å². The number of nitrogens with zero attached hydrogens (tertiary/aromatic N) is 1. The molecule has 0 aliphatic rings. The summed E-state index contributed by atoms with van der Waals surface area (Å²) < 4.78 is 0. The Labute approximate surface area is 113 Å². The normalized spacial score (nSPS) is 10.8. The second-order valence-electron chi connectivity index (χ2n) is 5.08. The Morgan fingerprint density at radius 1 is 1.26 bits per heavy atom. The van der Waals surface area contributed by atoms with Crippen molar-refractivity contribution in [3.8, 4) is 0 Å². The zero-order chi connectivity index (χ0) is 14.0. The van der Waals surface area contributed by atoms with Gasteiger partial charge in [-0.15, -0.1) is 0 Å². The van der Waals surface area contributed by atoms with E-state index in [9.17, 15) is 4.79 Å². The SMILES string of the molecule is Cc1cccc(C)c1C(=O)Nc1cc(C(C)C)[nH]n1. The fraction of sp³-hybridized carbons (Fsp3) is 0.333. The topological polar surface area (TPSA) is 57.8 Å². The second kappa shape index (κ2) is 5.26. The van der Waals surface area contributed by atoms with E-state index in [0.29, 0.717) is 11.7 Å². The van der Waals surface area contributed by atoms with Crippen molar-refractivity contribution in [2.24, 2.45) is 0 Å². The van der Waals surface area contributed by atoms with Crippen molar-refractivity contribution >= 4 is 11.7 Å². The van der Waals surface area contributed by atoms with Gasteiger partial charge in [-0.3, -0.25) is 9.89 Å². The van der Waals surface area contributed by atoms with Crippen LogP contribution >= 0.6 is 0 Å². The number of nitrogens with one attached hydrogen (secondary N) is 2. The minimum absolute atomic E-state index is 0.114. The van der Waals surface area contributed by atoms with E-state index in [1.807, 2.05) is 38.1 Å². The Balaban J connectivity index is 2.21. The number of benzene rings is 1. The molecule has 19 heavy (non-hydrogen) atoms. The van der Waals surface area contributed by atoms with E-state index in [1.54, 1.807) is 0 Å². The van der Waals surface area contributed by atoms with E-state index in [-0.39, 0.29) is 5.91 Å². The fourth-order valence-electron chi connectivity index (χ4n) is 2.05. The molecule has 2 aromatic rings. The van der Waals surface area contributed by atoms with E-state index in [2.05, 4.69) is 29.4 Å². The molecule has 1 amide bonds. The number of hydrogen-bond acceptors (Lipinski definition) is 2. The Morgan fingerprint density at radius 2 is 1.89 bits per heavy atom. The van der Waals surface area contributed by atoms with Gasteiger partial charge in [0.2, 0.25) is 0 Å². The molecule has 0 saturated heterocycles. The molecule has 4 heteroatoms. The lowest BCUT2D eigenvalue weighted by Gasteiger charge is -2.08. The van der Waals surface area contributed by atoms with Crippen LogP contribution in [0, 0.1) is 13.8 Å². The van der Waals surface area contributed by atoms with Crippen LogP contribution < -0.4 is 5.32 Å². The third kappa shape index (κ3) is 2.84. The minimum atomic E-state index is -0.114. The fourth-order valence-corrected chi connectivity index (χ4v) is 2.05. The first-order valence-corrected chi connectivity index (χ1v) is 6.42. The first-order chi connectivity index (χ1) is 8.99. The van der Waals surface area contributed by atoms with Crippen molar-refractivity contribution in [3.05, 3.63) is 46.6 Å². The monoisotopic (exact) mass is 257 g/mol. The molecule has 0 bridgehead atoms. The summed E-state index contributed by atoms with van der Waals surface area (Å²) >= 11 is 0. The van der Waals surface area contributed by atoms with E-state index in [1.165, 1.54) is 0 Å². The number of amides is 1. The maximum Gasteiger partial charge on any atom is 0.257 e. The van der Waals surface area contributed by atoms with Gasteiger partial charge in [0.1, 0.15) is 0 Å². The van der Waals surface area contributed by atoms with Crippen LogP contribution in [-0.4, -0.2) is 16.1 Å². The Kier molecular flexibility index (Phi) is 3.69. The van der Waals surface area contributed by atoms with Gasteiger partial charge in [0, 0.05) is 17.3 Å². The summed E-state index contributed by atoms with van der Waals surface area (Å²) in [6.45, 7) is 8.02. The summed E-state index contributed by atoms with van der Waals surface area (Å²) in [6.07, 6.45) is 0. The van der Waals surface area contributed by atoms with Gasteiger partial charge in [0.05, 0.1) is 0 Å². The average Bonchev–Trinajstić information content (AvgIpc) is 2.77. The number of aromatic amines is 1. The van der Waals surface area contributed by atoms with Crippen molar-refractivity contribution in [2.75, 3.05) is 5.32 Å². The molecule has 0 aliphatic heterocycles. The highest BCUT2D eigenvalue weighted by Crippen LogP contribution is 2.18. The van der Waals surface area contributed by atoms with Crippen LogP contribution in [-0.2, 0) is 0 Å². The van der Waals surface area contributed by atoms with E-state index >= 15 is 0 Å². The molecule has 1 aromatic carbocycles. The number of carbonyl (C=O) groups excluding carboxylic acids is 1. The molecule has 2 rings (SSSR count). The Hall–Kier alpha value is -2.10. The van der Waals surface area contributed by atoms with Crippen molar-refractivity contribution in [2.45, 2.75) is 33.6 Å². The van der Waals surface area contributed by atoms with Gasteiger partial charge in [-0.1, -0.05) is 32.0 Å². The second-order valence-corrected chi connectivity index (χ2v) is 5.08. The quantitative estimate of drug-likeness (QED) is 0.885. The lowest BCUT2D eigenvalue weighted by atomic mass is 10.0. The van der Waals surface area contributed by atoms with Crippen LogP contribution in [0.25, 0.3) is 0 Å². The molecule has 0 fully saturated rings. The summed E-state index contributed by atoms with van der Waals surface area (Å²) in [4.78, 5) is 12.3. The lowest BCUT2D eigenvalue weighted by molar-refractivity contribution is 0.102. The Bertz CT molecular complexity index is 579. The summed E-state index contributed by atoms with van der Waals surface area (Å²) in [7, 11) is 0. The van der Waals surface area contributed by atoms with Crippen molar-refractivity contribution in [3.63, 3.8) is 0 Å². The molecule has 4 nitrogen and oxygen atoms in total. The third-order valence-electron chi connectivity index (χ3n) is 3.17. The zero-order valence-electron chi connectivity index (χ0n) is 11.7. The van der Waals surface area contributed by atoms with Crippen LogP contribution in [0.1, 0.15) is 46.9 Å². The number of anilines is 1. The predicted octanol–water partition coefficient (Wildman–Crippen LogP) is 3.40. The van der Waals surface area contributed by atoms with Gasteiger partial charge in [-0.2, -0.15) is 5.10 Å². The Morgan fingerprint density at radius 3 is 2.42 bits per heavy atom. The van der Waals surface area contributed by atoms with Gasteiger partial charge in [0.15, 0.2) is 5.82 Å². The van der Waals surface area contributed by atoms with Crippen LogP contribution in [0.15, 0.2) is 24.3 Å². The molecule has 0 atom stereocenters. The number of carbonyl (C=O) groups is 1. The molecular formula is C15H19N3O. The van der Waals surface area contributed by atoms with Crippen molar-refractivity contribution in [1.29, 1.82) is 0 Å². The third-order valence-corrected chi connectivity index (χ3v) is 3.17. The molecule has 0 unspecified atom stereocenters. The molecule has 0 aliphatic carbocycles. The smallest absolute Gasteiger partial charge is 0.257 e. The summed E-state index contributed by atoms with van der Waals surface area (Å²) in [5.41, 5.74) is 3.67. The van der Waals surface area contributed by atoms with E-state index in [4.69, 9.17) is 0 Å². The summed E-state index contributed by atoms with van der Waals surface area (Å²) in [5.74, 6) is 0.812. The van der Waals surface area contributed by atoms with Gasteiger partial charge in [-0.05, 0) is 30.9 Å². The maximum atomic E-state index is 12.3. The first-order valence-electron chi connectivity index (χ1n) is 6.42. The average molecular weight is 257 g/mol. The molecule has 1 aromatic heterocycles. The molecule has 0 saturated carbocycles. The van der Waals surface area contributed by atoms with Crippen LogP contribution in [0.4, 0.5) is 5.82 Å². The van der Waals surface area contributed by atoms with Crippen LogP contribution in [0.2, 0.25) is 0 Å². The van der Waals surface area contributed by atoms with Crippen LogP contribution in [0.3, 0.4) is 0 Å². The molecule has 1 heterocycles. The number of aromatic nitrogens is 2. The summed E-state index contributed by atoms with van der Waals surface area (Å²) in [5, 5.41) is 9.87. The van der Waals surface area contributed by atoms with E-state index < -0.39 is 0 Å². The number of aryl methyl sites for hydroxylation is 2.